The van der Waals surface area contributed by atoms with Crippen LogP contribution in [0.4, 0.5) is 18.9 Å². The van der Waals surface area contributed by atoms with Crippen molar-refractivity contribution in [2.75, 3.05) is 5.32 Å². The molecular weight excluding hydrogens is 305 g/mol. The van der Waals surface area contributed by atoms with Crippen LogP contribution in [0.1, 0.15) is 25.5 Å². The predicted octanol–water partition coefficient (Wildman–Crippen LogP) is 2.76. The molecule has 0 radical (unpaired) electrons. The number of carbonyl (C=O) groups excluding carboxylic acids is 1. The summed E-state index contributed by atoms with van der Waals surface area (Å²) in [6, 6.07) is 10.9. The molecule has 0 saturated heterocycles. The molecule has 0 aliphatic rings. The standard InChI is InChI=1S/C17H17F3N2O/c1-10(12-6-4-3-5-7-12)21-11(2)17(23)22-14-9-8-13(18)15(19)16(14)20/h3-11,21H,1-2H3,(H,22,23)/p+1/t10-,11+/m0/s1. The number of carbonyl (C=O) groups is 1. The van der Waals surface area contributed by atoms with Crippen molar-refractivity contribution in [2.24, 2.45) is 0 Å². The van der Waals surface area contributed by atoms with Crippen LogP contribution in [0.5, 0.6) is 0 Å². The highest BCUT2D eigenvalue weighted by Crippen LogP contribution is 2.19. The summed E-state index contributed by atoms with van der Waals surface area (Å²) >= 11 is 0. The Balaban J connectivity index is 2.02. The smallest absolute Gasteiger partial charge is 0.282 e. The van der Waals surface area contributed by atoms with Crippen LogP contribution >= 0.6 is 0 Å². The Hall–Kier alpha value is -2.34. The van der Waals surface area contributed by atoms with Gasteiger partial charge in [0.2, 0.25) is 0 Å². The van der Waals surface area contributed by atoms with Gasteiger partial charge in [-0.05, 0) is 26.0 Å². The third kappa shape index (κ3) is 4.10. The summed E-state index contributed by atoms with van der Waals surface area (Å²) in [5.41, 5.74) is 0.674. The number of hydrogen-bond acceptors (Lipinski definition) is 1. The molecule has 0 fully saturated rings. The molecule has 0 unspecified atom stereocenters. The van der Waals surface area contributed by atoms with E-state index in [0.29, 0.717) is 0 Å². The number of quaternary nitrogens is 1. The zero-order valence-corrected chi connectivity index (χ0v) is 12.8. The molecule has 0 aromatic heterocycles. The second-order valence-corrected chi connectivity index (χ2v) is 5.39. The maximum Gasteiger partial charge on any atom is 0.282 e. The van der Waals surface area contributed by atoms with Crippen molar-refractivity contribution in [1.82, 2.24) is 0 Å². The van der Waals surface area contributed by atoms with Gasteiger partial charge in [0.05, 0.1) is 5.69 Å². The lowest BCUT2D eigenvalue weighted by Crippen LogP contribution is -2.91. The molecule has 2 atom stereocenters. The van der Waals surface area contributed by atoms with Crippen molar-refractivity contribution in [3.63, 3.8) is 0 Å². The van der Waals surface area contributed by atoms with Gasteiger partial charge >= 0.3 is 0 Å². The summed E-state index contributed by atoms with van der Waals surface area (Å²) in [5, 5.41) is 4.09. The van der Waals surface area contributed by atoms with E-state index in [0.717, 1.165) is 17.7 Å². The van der Waals surface area contributed by atoms with Gasteiger partial charge < -0.3 is 10.6 Å². The van der Waals surface area contributed by atoms with Crippen LogP contribution in [0.2, 0.25) is 0 Å². The Morgan fingerprint density at radius 1 is 1.00 bits per heavy atom. The van der Waals surface area contributed by atoms with Crippen molar-refractivity contribution in [3.8, 4) is 0 Å². The van der Waals surface area contributed by atoms with Gasteiger partial charge in [-0.1, -0.05) is 30.3 Å². The van der Waals surface area contributed by atoms with Gasteiger partial charge in [-0.2, -0.15) is 0 Å². The Kier molecular flexibility index (Phi) is 5.39. The Labute approximate surface area is 132 Å². The van der Waals surface area contributed by atoms with Crippen LogP contribution in [0.15, 0.2) is 42.5 Å². The molecule has 122 valence electrons. The summed E-state index contributed by atoms with van der Waals surface area (Å²) in [6.07, 6.45) is 0. The number of anilines is 1. The first-order valence-corrected chi connectivity index (χ1v) is 7.24. The predicted molar refractivity (Wildman–Crippen MR) is 81.2 cm³/mol. The molecule has 3 N–H and O–H groups in total. The molecule has 3 nitrogen and oxygen atoms in total. The molecule has 6 heteroatoms. The molecule has 2 rings (SSSR count). The van der Waals surface area contributed by atoms with E-state index in [1.165, 1.54) is 0 Å². The van der Waals surface area contributed by atoms with E-state index in [2.05, 4.69) is 5.32 Å². The maximum atomic E-state index is 13.6. The minimum Gasteiger partial charge on any atom is -0.330 e. The van der Waals surface area contributed by atoms with E-state index in [1.54, 1.807) is 6.92 Å². The summed E-state index contributed by atoms with van der Waals surface area (Å²) in [4.78, 5) is 12.1. The molecule has 0 aliphatic carbocycles. The highest BCUT2D eigenvalue weighted by Gasteiger charge is 2.22. The molecular formula is C17H18F3N2O+. The van der Waals surface area contributed by atoms with Gasteiger partial charge in [0.1, 0.15) is 6.04 Å². The minimum atomic E-state index is -1.60. The first-order chi connectivity index (χ1) is 10.9. The SMILES string of the molecule is C[C@H]([NH2+][C@H](C)C(=O)Nc1ccc(F)c(F)c1F)c1ccccc1. The fourth-order valence-electron chi connectivity index (χ4n) is 2.26. The van der Waals surface area contributed by atoms with E-state index in [9.17, 15) is 18.0 Å². The molecule has 2 aromatic rings. The van der Waals surface area contributed by atoms with Crippen molar-refractivity contribution in [2.45, 2.75) is 25.9 Å². The van der Waals surface area contributed by atoms with Crippen molar-refractivity contribution in [1.29, 1.82) is 0 Å². The van der Waals surface area contributed by atoms with Crippen LogP contribution < -0.4 is 10.6 Å². The topological polar surface area (TPSA) is 45.7 Å². The molecule has 1 amide bonds. The normalized spacial score (nSPS) is 13.4. The van der Waals surface area contributed by atoms with Crippen LogP contribution in [0, 0.1) is 17.5 Å². The second-order valence-electron chi connectivity index (χ2n) is 5.39. The van der Waals surface area contributed by atoms with E-state index < -0.39 is 29.4 Å². The van der Waals surface area contributed by atoms with Crippen molar-refractivity contribution >= 4 is 11.6 Å². The summed E-state index contributed by atoms with van der Waals surface area (Å²) in [5.74, 6) is -4.78. The van der Waals surface area contributed by atoms with Gasteiger partial charge in [-0.25, -0.2) is 13.2 Å². The molecule has 0 saturated carbocycles. The summed E-state index contributed by atoms with van der Waals surface area (Å²) < 4.78 is 39.6. The average Bonchev–Trinajstić information content (AvgIpc) is 2.56. The zero-order valence-electron chi connectivity index (χ0n) is 12.8. The van der Waals surface area contributed by atoms with Crippen LogP contribution in [0.3, 0.4) is 0 Å². The third-order valence-corrected chi connectivity index (χ3v) is 3.61. The lowest BCUT2D eigenvalue weighted by Gasteiger charge is -2.17. The molecule has 0 aliphatic heterocycles. The highest BCUT2D eigenvalue weighted by molar-refractivity contribution is 5.93. The number of nitrogens with one attached hydrogen (secondary N) is 1. The van der Waals surface area contributed by atoms with Crippen LogP contribution in [0.25, 0.3) is 0 Å². The molecule has 0 bridgehead atoms. The lowest BCUT2D eigenvalue weighted by molar-refractivity contribution is -0.709. The number of hydrogen-bond donors (Lipinski definition) is 2. The fraction of sp³-hybridized carbons (Fsp3) is 0.235. The average molecular weight is 323 g/mol. The van der Waals surface area contributed by atoms with Crippen molar-refractivity contribution < 1.29 is 23.3 Å². The van der Waals surface area contributed by atoms with Gasteiger partial charge in [-0.15, -0.1) is 0 Å². The number of amides is 1. The number of benzene rings is 2. The first kappa shape index (κ1) is 17.0. The quantitative estimate of drug-likeness (QED) is 0.817. The summed E-state index contributed by atoms with van der Waals surface area (Å²) in [7, 11) is 0. The number of halogens is 3. The molecule has 0 heterocycles. The lowest BCUT2D eigenvalue weighted by atomic mass is 10.1. The van der Waals surface area contributed by atoms with Crippen LogP contribution in [-0.4, -0.2) is 11.9 Å². The number of rotatable bonds is 5. The summed E-state index contributed by atoms with van der Waals surface area (Å²) in [6.45, 7) is 3.60. The van der Waals surface area contributed by atoms with Gasteiger partial charge in [0.25, 0.3) is 5.91 Å². The third-order valence-electron chi connectivity index (χ3n) is 3.61. The number of nitrogens with two attached hydrogens (primary N) is 1. The minimum absolute atomic E-state index is 0.0201. The first-order valence-electron chi connectivity index (χ1n) is 7.24. The van der Waals surface area contributed by atoms with E-state index in [1.807, 2.05) is 42.6 Å². The Morgan fingerprint density at radius 2 is 1.65 bits per heavy atom. The van der Waals surface area contributed by atoms with E-state index >= 15 is 0 Å². The maximum absolute atomic E-state index is 13.6. The monoisotopic (exact) mass is 323 g/mol. The van der Waals surface area contributed by atoms with Gasteiger partial charge in [0, 0.05) is 5.56 Å². The molecule has 2 aromatic carbocycles. The van der Waals surface area contributed by atoms with Crippen LogP contribution in [-0.2, 0) is 4.79 Å². The van der Waals surface area contributed by atoms with Gasteiger partial charge in [0.15, 0.2) is 23.5 Å². The zero-order chi connectivity index (χ0) is 17.0. The molecule has 23 heavy (non-hydrogen) atoms. The molecule has 0 spiro atoms. The largest absolute Gasteiger partial charge is 0.330 e. The van der Waals surface area contributed by atoms with E-state index in [4.69, 9.17) is 0 Å². The second kappa shape index (κ2) is 7.28. The Bertz CT molecular complexity index is 692. The van der Waals surface area contributed by atoms with Gasteiger partial charge in [-0.3, -0.25) is 4.79 Å². The van der Waals surface area contributed by atoms with E-state index in [-0.39, 0.29) is 11.7 Å². The van der Waals surface area contributed by atoms with Crippen molar-refractivity contribution in [3.05, 3.63) is 65.5 Å². The fourth-order valence-corrected chi connectivity index (χ4v) is 2.26. The Morgan fingerprint density at radius 3 is 2.30 bits per heavy atom. The highest BCUT2D eigenvalue weighted by atomic mass is 19.2.